The minimum absolute atomic E-state index is 0.00369. The summed E-state index contributed by atoms with van der Waals surface area (Å²) in [5.41, 5.74) is 8.44. The van der Waals surface area contributed by atoms with Gasteiger partial charge in [0.1, 0.15) is 0 Å². The minimum atomic E-state index is -0.230. The molecule has 0 aromatic heterocycles. The summed E-state index contributed by atoms with van der Waals surface area (Å²) >= 11 is 3.41. The van der Waals surface area contributed by atoms with Crippen LogP contribution in [0, 0.1) is 0 Å². The topological polar surface area (TPSA) is 55.1 Å². The van der Waals surface area contributed by atoms with Crippen molar-refractivity contribution in [3.05, 3.63) is 64.1 Å². The third kappa shape index (κ3) is 4.08. The van der Waals surface area contributed by atoms with Crippen molar-refractivity contribution in [3.63, 3.8) is 0 Å². The molecule has 2 aromatic carbocycles. The Labute approximate surface area is 133 Å². The van der Waals surface area contributed by atoms with Gasteiger partial charge in [0.25, 0.3) is 0 Å². The first-order chi connectivity index (χ1) is 9.97. The molecule has 0 aliphatic heterocycles. The maximum atomic E-state index is 12.3. The van der Waals surface area contributed by atoms with E-state index in [2.05, 4.69) is 21.2 Å². The van der Waals surface area contributed by atoms with Gasteiger partial charge in [-0.2, -0.15) is 0 Å². The molecule has 0 bridgehead atoms. The highest BCUT2D eigenvalue weighted by Crippen LogP contribution is 2.21. The summed E-state index contributed by atoms with van der Waals surface area (Å²) in [6.07, 6.45) is 0. The summed E-state index contributed by atoms with van der Waals surface area (Å²) in [6.45, 7) is 3.87. The van der Waals surface area contributed by atoms with Crippen molar-refractivity contribution in [3.8, 4) is 0 Å². The highest BCUT2D eigenvalue weighted by molar-refractivity contribution is 9.10. The van der Waals surface area contributed by atoms with Crippen molar-refractivity contribution in [2.75, 3.05) is 5.73 Å². The van der Waals surface area contributed by atoms with Gasteiger partial charge >= 0.3 is 0 Å². The predicted octanol–water partition coefficient (Wildman–Crippen LogP) is 4.01. The molecule has 0 aliphatic rings. The molecule has 0 heterocycles. The molecule has 21 heavy (non-hydrogen) atoms. The van der Waals surface area contributed by atoms with Gasteiger partial charge in [-0.15, -0.1) is 0 Å². The van der Waals surface area contributed by atoms with Crippen LogP contribution in [-0.2, 0) is 4.79 Å². The molecular formula is C17H19BrN2O. The SMILES string of the molecule is CC(C(=O)N[C@@H](C)c1ccc(Br)cc1)c1cccc(N)c1. The first kappa shape index (κ1) is 15.6. The Balaban J connectivity index is 2.05. The van der Waals surface area contributed by atoms with Crippen molar-refractivity contribution >= 4 is 27.5 Å². The van der Waals surface area contributed by atoms with Crippen LogP contribution in [0.15, 0.2) is 53.0 Å². The first-order valence-electron chi connectivity index (χ1n) is 6.88. The van der Waals surface area contributed by atoms with E-state index in [-0.39, 0.29) is 17.9 Å². The quantitative estimate of drug-likeness (QED) is 0.821. The lowest BCUT2D eigenvalue weighted by Gasteiger charge is -2.18. The fraction of sp³-hybridized carbons (Fsp3) is 0.235. The molecule has 0 fully saturated rings. The Morgan fingerprint density at radius 2 is 1.76 bits per heavy atom. The fourth-order valence-electron chi connectivity index (χ4n) is 2.15. The lowest BCUT2D eigenvalue weighted by Crippen LogP contribution is -2.30. The van der Waals surface area contributed by atoms with Crippen molar-refractivity contribution in [1.29, 1.82) is 0 Å². The number of hydrogen-bond donors (Lipinski definition) is 2. The molecule has 0 aliphatic carbocycles. The van der Waals surface area contributed by atoms with Crippen LogP contribution in [0.5, 0.6) is 0 Å². The third-order valence-corrected chi connectivity index (χ3v) is 4.06. The second kappa shape index (κ2) is 6.76. The molecule has 3 N–H and O–H groups in total. The number of nitrogens with one attached hydrogen (secondary N) is 1. The van der Waals surface area contributed by atoms with Gasteiger partial charge < -0.3 is 11.1 Å². The zero-order valence-electron chi connectivity index (χ0n) is 12.1. The lowest BCUT2D eigenvalue weighted by atomic mass is 9.99. The number of carbonyl (C=O) groups excluding carboxylic acids is 1. The number of rotatable bonds is 4. The predicted molar refractivity (Wildman–Crippen MR) is 90.0 cm³/mol. The van der Waals surface area contributed by atoms with Crippen LogP contribution in [0.2, 0.25) is 0 Å². The highest BCUT2D eigenvalue weighted by Gasteiger charge is 2.18. The maximum Gasteiger partial charge on any atom is 0.227 e. The minimum Gasteiger partial charge on any atom is -0.399 e. The summed E-state index contributed by atoms with van der Waals surface area (Å²) < 4.78 is 1.03. The van der Waals surface area contributed by atoms with Crippen molar-refractivity contribution < 1.29 is 4.79 Å². The Hall–Kier alpha value is -1.81. The molecule has 2 aromatic rings. The number of nitrogen functional groups attached to an aromatic ring is 1. The van der Waals surface area contributed by atoms with Gasteiger partial charge in [-0.1, -0.05) is 40.2 Å². The van der Waals surface area contributed by atoms with Crippen LogP contribution >= 0.6 is 15.9 Å². The average Bonchev–Trinajstić information content (AvgIpc) is 2.47. The van der Waals surface area contributed by atoms with Crippen LogP contribution in [0.25, 0.3) is 0 Å². The van der Waals surface area contributed by atoms with E-state index in [1.165, 1.54) is 0 Å². The van der Waals surface area contributed by atoms with Crippen molar-refractivity contribution in [2.45, 2.75) is 25.8 Å². The summed E-state index contributed by atoms with van der Waals surface area (Å²) in [4.78, 5) is 12.3. The average molecular weight is 347 g/mol. The van der Waals surface area contributed by atoms with Crippen LogP contribution in [0.4, 0.5) is 5.69 Å². The van der Waals surface area contributed by atoms with E-state index < -0.39 is 0 Å². The molecule has 3 nitrogen and oxygen atoms in total. The summed E-state index contributed by atoms with van der Waals surface area (Å²) in [5, 5.41) is 3.04. The zero-order valence-corrected chi connectivity index (χ0v) is 13.7. The van der Waals surface area contributed by atoms with Crippen LogP contribution in [0.1, 0.15) is 36.9 Å². The van der Waals surface area contributed by atoms with Crippen LogP contribution < -0.4 is 11.1 Å². The molecule has 0 spiro atoms. The molecule has 0 radical (unpaired) electrons. The normalized spacial score (nSPS) is 13.5. The van der Waals surface area contributed by atoms with E-state index >= 15 is 0 Å². The monoisotopic (exact) mass is 346 g/mol. The molecule has 1 amide bonds. The maximum absolute atomic E-state index is 12.3. The molecule has 1 unspecified atom stereocenters. The standard InChI is InChI=1S/C17H19BrN2O/c1-11(14-4-3-5-16(19)10-14)17(21)20-12(2)13-6-8-15(18)9-7-13/h3-12H,19H2,1-2H3,(H,20,21)/t11?,12-/m0/s1. The summed E-state index contributed by atoms with van der Waals surface area (Å²) in [7, 11) is 0. The second-order valence-electron chi connectivity index (χ2n) is 5.17. The fourth-order valence-corrected chi connectivity index (χ4v) is 2.42. The highest BCUT2D eigenvalue weighted by atomic mass is 79.9. The Morgan fingerprint density at radius 3 is 2.38 bits per heavy atom. The molecule has 2 atom stereocenters. The molecule has 4 heteroatoms. The molecule has 110 valence electrons. The van der Waals surface area contributed by atoms with Gasteiger partial charge in [0.2, 0.25) is 5.91 Å². The van der Waals surface area contributed by atoms with E-state index in [1.54, 1.807) is 0 Å². The number of anilines is 1. The van der Waals surface area contributed by atoms with Gasteiger partial charge in [0, 0.05) is 10.2 Å². The van der Waals surface area contributed by atoms with E-state index in [0.717, 1.165) is 15.6 Å². The smallest absolute Gasteiger partial charge is 0.227 e. The number of nitrogens with two attached hydrogens (primary N) is 1. The number of carbonyl (C=O) groups is 1. The van der Waals surface area contributed by atoms with Gasteiger partial charge in [-0.05, 0) is 49.2 Å². The van der Waals surface area contributed by atoms with Gasteiger partial charge in [-0.25, -0.2) is 0 Å². The largest absolute Gasteiger partial charge is 0.399 e. The summed E-state index contributed by atoms with van der Waals surface area (Å²) in [6, 6.07) is 15.4. The van der Waals surface area contributed by atoms with Crippen LogP contribution in [-0.4, -0.2) is 5.91 Å². The number of amides is 1. The number of halogens is 1. The van der Waals surface area contributed by atoms with E-state index in [4.69, 9.17) is 5.73 Å². The zero-order chi connectivity index (χ0) is 15.4. The number of benzene rings is 2. The van der Waals surface area contributed by atoms with Crippen molar-refractivity contribution in [2.24, 2.45) is 0 Å². The Morgan fingerprint density at radius 1 is 1.10 bits per heavy atom. The van der Waals surface area contributed by atoms with Crippen molar-refractivity contribution in [1.82, 2.24) is 5.32 Å². The first-order valence-corrected chi connectivity index (χ1v) is 7.68. The lowest BCUT2D eigenvalue weighted by molar-refractivity contribution is -0.122. The van der Waals surface area contributed by atoms with Gasteiger partial charge in [-0.3, -0.25) is 4.79 Å². The van der Waals surface area contributed by atoms with E-state index in [9.17, 15) is 4.79 Å². The Bertz CT molecular complexity index is 625. The Kier molecular flexibility index (Phi) is 5.02. The molecule has 2 rings (SSSR count). The number of hydrogen-bond acceptors (Lipinski definition) is 2. The third-order valence-electron chi connectivity index (χ3n) is 3.53. The van der Waals surface area contributed by atoms with Gasteiger partial charge in [0.05, 0.1) is 12.0 Å². The molecule has 0 saturated carbocycles. The van der Waals surface area contributed by atoms with E-state index in [1.807, 2.05) is 62.4 Å². The van der Waals surface area contributed by atoms with Crippen LogP contribution in [0.3, 0.4) is 0 Å². The molecule has 0 saturated heterocycles. The van der Waals surface area contributed by atoms with Gasteiger partial charge in [0.15, 0.2) is 0 Å². The summed E-state index contributed by atoms with van der Waals surface area (Å²) in [5.74, 6) is -0.234. The second-order valence-corrected chi connectivity index (χ2v) is 6.09. The van der Waals surface area contributed by atoms with E-state index in [0.29, 0.717) is 5.69 Å². The molecular weight excluding hydrogens is 328 g/mol.